The third-order valence-electron chi connectivity index (χ3n) is 4.24. The zero-order valence-corrected chi connectivity index (χ0v) is 13.2. The van der Waals surface area contributed by atoms with Gasteiger partial charge in [0.15, 0.2) is 5.65 Å². The third kappa shape index (κ3) is 2.24. The van der Waals surface area contributed by atoms with Crippen molar-refractivity contribution in [2.75, 3.05) is 13.1 Å². The van der Waals surface area contributed by atoms with E-state index in [1.807, 2.05) is 6.08 Å². The second-order valence-corrected chi connectivity index (χ2v) is 6.58. The molecule has 1 saturated heterocycles. The van der Waals surface area contributed by atoms with Gasteiger partial charge >= 0.3 is 0 Å². The SMILES string of the molecule is O=c1cc(C2CCNCC2)n2nc3c(c2n1)=CC(Cl)C=C3Cl. The molecule has 114 valence electrons. The van der Waals surface area contributed by atoms with Crippen molar-refractivity contribution in [3.05, 3.63) is 39.1 Å². The van der Waals surface area contributed by atoms with Crippen LogP contribution >= 0.6 is 23.2 Å². The summed E-state index contributed by atoms with van der Waals surface area (Å²) in [4.78, 5) is 16.2. The molecule has 0 aromatic carbocycles. The molecule has 3 heterocycles. The first-order valence-corrected chi connectivity index (χ1v) is 8.13. The maximum absolute atomic E-state index is 12.0. The van der Waals surface area contributed by atoms with Crippen molar-refractivity contribution in [3.63, 3.8) is 0 Å². The summed E-state index contributed by atoms with van der Waals surface area (Å²) in [5.74, 6) is 0.301. The Kier molecular flexibility index (Phi) is 3.44. The van der Waals surface area contributed by atoms with Crippen LogP contribution in [-0.4, -0.2) is 33.1 Å². The molecule has 0 spiro atoms. The number of fused-ring (bicyclic) bond motifs is 3. The minimum absolute atomic E-state index is 0.242. The number of alkyl halides is 1. The van der Waals surface area contributed by atoms with Crippen LogP contribution in [0.15, 0.2) is 16.9 Å². The average molecular weight is 337 g/mol. The Morgan fingerprint density at radius 1 is 1.27 bits per heavy atom. The number of nitrogens with zero attached hydrogens (tertiary/aromatic N) is 3. The number of rotatable bonds is 1. The first-order valence-electron chi connectivity index (χ1n) is 7.31. The topological polar surface area (TPSA) is 59.3 Å². The van der Waals surface area contributed by atoms with Gasteiger partial charge in [-0.2, -0.15) is 10.1 Å². The van der Waals surface area contributed by atoms with Crippen LogP contribution in [0, 0.1) is 0 Å². The Morgan fingerprint density at radius 2 is 2.05 bits per heavy atom. The monoisotopic (exact) mass is 336 g/mol. The Bertz CT molecular complexity index is 883. The van der Waals surface area contributed by atoms with Crippen molar-refractivity contribution in [1.82, 2.24) is 19.9 Å². The normalized spacial score (nSPS) is 22.3. The smallest absolute Gasteiger partial charge is 0.273 e. The average Bonchev–Trinajstić information content (AvgIpc) is 2.86. The number of hydrogen-bond acceptors (Lipinski definition) is 4. The zero-order valence-electron chi connectivity index (χ0n) is 11.7. The number of allylic oxidation sites excluding steroid dienone is 1. The molecule has 0 amide bonds. The molecule has 1 atom stereocenters. The van der Waals surface area contributed by atoms with Crippen LogP contribution in [0.5, 0.6) is 0 Å². The van der Waals surface area contributed by atoms with E-state index in [1.165, 1.54) is 0 Å². The molecule has 0 radical (unpaired) electrons. The third-order valence-corrected chi connectivity index (χ3v) is 4.80. The van der Waals surface area contributed by atoms with Crippen molar-refractivity contribution < 1.29 is 0 Å². The lowest BCUT2D eigenvalue weighted by Gasteiger charge is -2.22. The number of aromatic nitrogens is 3. The first-order chi connectivity index (χ1) is 10.6. The molecule has 1 fully saturated rings. The van der Waals surface area contributed by atoms with E-state index in [2.05, 4.69) is 15.4 Å². The molecule has 4 rings (SSSR count). The van der Waals surface area contributed by atoms with Gasteiger partial charge in [0.1, 0.15) is 5.69 Å². The van der Waals surface area contributed by atoms with E-state index in [0.717, 1.165) is 36.8 Å². The molecule has 0 saturated carbocycles. The molecule has 1 aliphatic carbocycles. The van der Waals surface area contributed by atoms with Gasteiger partial charge < -0.3 is 5.32 Å². The summed E-state index contributed by atoms with van der Waals surface area (Å²) < 4.78 is 1.77. The minimum atomic E-state index is -0.313. The summed E-state index contributed by atoms with van der Waals surface area (Å²) in [6, 6.07) is 1.59. The molecule has 22 heavy (non-hydrogen) atoms. The molecule has 0 bridgehead atoms. The Balaban J connectivity index is 2.00. The molecule has 2 aromatic heterocycles. The second-order valence-electron chi connectivity index (χ2n) is 5.67. The van der Waals surface area contributed by atoms with E-state index < -0.39 is 0 Å². The van der Waals surface area contributed by atoms with Crippen molar-refractivity contribution in [2.45, 2.75) is 24.1 Å². The summed E-state index contributed by atoms with van der Waals surface area (Å²) in [6.07, 6.45) is 5.53. The summed E-state index contributed by atoms with van der Waals surface area (Å²) in [5, 5.41) is 8.87. The fraction of sp³-hybridized carbons (Fsp3) is 0.400. The largest absolute Gasteiger partial charge is 0.317 e. The van der Waals surface area contributed by atoms with Crippen LogP contribution in [0.4, 0.5) is 0 Å². The van der Waals surface area contributed by atoms with Crippen molar-refractivity contribution in [3.8, 4) is 0 Å². The summed E-state index contributed by atoms with van der Waals surface area (Å²) >= 11 is 12.4. The van der Waals surface area contributed by atoms with Crippen LogP contribution < -0.4 is 16.1 Å². The molecular weight excluding hydrogens is 323 g/mol. The molecule has 2 aliphatic rings. The molecule has 1 unspecified atom stereocenters. The van der Waals surface area contributed by atoms with E-state index in [9.17, 15) is 4.79 Å². The highest BCUT2D eigenvalue weighted by Gasteiger charge is 2.23. The fourth-order valence-corrected chi connectivity index (χ4v) is 3.79. The highest BCUT2D eigenvalue weighted by atomic mass is 35.5. The van der Waals surface area contributed by atoms with E-state index in [1.54, 1.807) is 16.7 Å². The quantitative estimate of drug-likeness (QED) is 0.796. The van der Waals surface area contributed by atoms with E-state index in [4.69, 9.17) is 23.2 Å². The van der Waals surface area contributed by atoms with Gasteiger partial charge in [0, 0.05) is 17.2 Å². The van der Waals surface area contributed by atoms with Crippen LogP contribution in [0.25, 0.3) is 16.8 Å². The number of piperidine rings is 1. The summed E-state index contributed by atoms with van der Waals surface area (Å²) in [7, 11) is 0. The zero-order chi connectivity index (χ0) is 15.3. The van der Waals surface area contributed by atoms with E-state index >= 15 is 0 Å². The highest BCUT2D eigenvalue weighted by Crippen LogP contribution is 2.26. The summed E-state index contributed by atoms with van der Waals surface area (Å²) in [5.41, 5.74) is 1.86. The lowest BCUT2D eigenvalue weighted by molar-refractivity contribution is 0.446. The lowest BCUT2D eigenvalue weighted by Crippen LogP contribution is -2.29. The molecule has 5 nitrogen and oxygen atoms in total. The molecule has 1 aliphatic heterocycles. The van der Waals surface area contributed by atoms with Crippen LogP contribution in [0.1, 0.15) is 30.1 Å². The Morgan fingerprint density at radius 3 is 2.82 bits per heavy atom. The van der Waals surface area contributed by atoms with Crippen LogP contribution in [0.2, 0.25) is 0 Å². The second kappa shape index (κ2) is 5.33. The molecule has 2 aromatic rings. The minimum Gasteiger partial charge on any atom is -0.317 e. The molecular formula is C15H14Cl2N4O. The number of nitrogens with one attached hydrogen (secondary N) is 1. The number of halogens is 2. The Labute approximate surface area is 136 Å². The van der Waals surface area contributed by atoms with Crippen molar-refractivity contribution >= 4 is 40.0 Å². The van der Waals surface area contributed by atoms with Crippen LogP contribution in [0.3, 0.4) is 0 Å². The molecule has 1 N–H and O–H groups in total. The van der Waals surface area contributed by atoms with Crippen molar-refractivity contribution in [2.24, 2.45) is 0 Å². The summed E-state index contributed by atoms with van der Waals surface area (Å²) in [6.45, 7) is 1.89. The number of hydrogen-bond donors (Lipinski definition) is 1. The maximum atomic E-state index is 12.0. The van der Waals surface area contributed by atoms with E-state index in [0.29, 0.717) is 22.3 Å². The Hall–Kier alpha value is -1.43. The van der Waals surface area contributed by atoms with E-state index in [-0.39, 0.29) is 10.9 Å². The first kappa shape index (κ1) is 14.2. The van der Waals surface area contributed by atoms with Gasteiger partial charge in [-0.3, -0.25) is 4.79 Å². The van der Waals surface area contributed by atoms with Crippen LogP contribution in [-0.2, 0) is 0 Å². The van der Waals surface area contributed by atoms with Gasteiger partial charge in [-0.1, -0.05) is 11.6 Å². The molecule has 7 heteroatoms. The van der Waals surface area contributed by atoms with Gasteiger partial charge in [-0.25, -0.2) is 4.52 Å². The highest BCUT2D eigenvalue weighted by molar-refractivity contribution is 6.49. The standard InChI is InChI=1S/C15H14Cl2N4O/c16-9-5-10-14(11(17)6-9)20-21-12(7-13(22)19-15(10)21)8-1-3-18-4-2-8/h5-9,18H,1-4H2. The van der Waals surface area contributed by atoms with Crippen molar-refractivity contribution in [1.29, 1.82) is 0 Å². The van der Waals surface area contributed by atoms with Gasteiger partial charge in [0.05, 0.1) is 16.1 Å². The predicted molar refractivity (Wildman–Crippen MR) is 87.3 cm³/mol. The van der Waals surface area contributed by atoms with Gasteiger partial charge in [-0.05, 0) is 38.1 Å². The van der Waals surface area contributed by atoms with Gasteiger partial charge in [0.25, 0.3) is 5.56 Å². The fourth-order valence-electron chi connectivity index (χ4n) is 3.20. The maximum Gasteiger partial charge on any atom is 0.273 e. The van der Waals surface area contributed by atoms with Gasteiger partial charge in [0.2, 0.25) is 0 Å². The van der Waals surface area contributed by atoms with Gasteiger partial charge in [-0.15, -0.1) is 11.6 Å². The lowest BCUT2D eigenvalue weighted by atomic mass is 9.94. The predicted octanol–water partition coefficient (Wildman–Crippen LogP) is 1.26.